The lowest BCUT2D eigenvalue weighted by Gasteiger charge is -2.05. The number of benzene rings is 1. The van der Waals surface area contributed by atoms with Gasteiger partial charge in [-0.1, -0.05) is 12.1 Å². The van der Waals surface area contributed by atoms with Gasteiger partial charge in [0.1, 0.15) is 11.6 Å². The van der Waals surface area contributed by atoms with Crippen molar-refractivity contribution in [2.45, 2.75) is 31.9 Å². The van der Waals surface area contributed by atoms with Crippen LogP contribution in [0.25, 0.3) is 11.3 Å². The van der Waals surface area contributed by atoms with Crippen LogP contribution in [0.4, 0.5) is 8.78 Å². The van der Waals surface area contributed by atoms with Crippen molar-refractivity contribution in [3.8, 4) is 17.0 Å². The number of imidazole rings is 1. The van der Waals surface area contributed by atoms with Gasteiger partial charge in [-0.2, -0.15) is 8.78 Å². The second-order valence-electron chi connectivity index (χ2n) is 5.13. The molecule has 112 valence electrons. The predicted octanol–water partition coefficient (Wildman–Crippen LogP) is 2.97. The molecule has 1 aromatic heterocycles. The Morgan fingerprint density at radius 2 is 2.24 bits per heavy atom. The largest absolute Gasteiger partial charge is 0.435 e. The van der Waals surface area contributed by atoms with Crippen molar-refractivity contribution in [2.24, 2.45) is 0 Å². The van der Waals surface area contributed by atoms with Crippen molar-refractivity contribution in [1.29, 1.82) is 0 Å². The summed E-state index contributed by atoms with van der Waals surface area (Å²) in [5, 5.41) is 3.42. The highest BCUT2D eigenvalue weighted by molar-refractivity contribution is 5.60. The molecular formula is C15H17F2N3O. The van der Waals surface area contributed by atoms with Gasteiger partial charge in [0.25, 0.3) is 0 Å². The first-order chi connectivity index (χ1) is 10.2. The maximum Gasteiger partial charge on any atom is 0.387 e. The van der Waals surface area contributed by atoms with Gasteiger partial charge in [0, 0.05) is 24.6 Å². The number of H-pyrrole nitrogens is 1. The van der Waals surface area contributed by atoms with Crippen molar-refractivity contribution in [2.75, 3.05) is 6.54 Å². The Kier molecular flexibility index (Phi) is 4.15. The van der Waals surface area contributed by atoms with Crippen LogP contribution in [0.15, 0.2) is 30.5 Å². The molecule has 2 aromatic rings. The molecule has 1 aromatic carbocycles. The fourth-order valence-corrected chi connectivity index (χ4v) is 2.16. The van der Waals surface area contributed by atoms with E-state index in [1.54, 1.807) is 18.3 Å². The molecular weight excluding hydrogens is 276 g/mol. The molecule has 0 atom stereocenters. The van der Waals surface area contributed by atoms with E-state index in [1.807, 2.05) is 6.07 Å². The Labute approximate surface area is 121 Å². The van der Waals surface area contributed by atoms with E-state index in [-0.39, 0.29) is 5.75 Å². The zero-order valence-corrected chi connectivity index (χ0v) is 11.5. The Balaban J connectivity index is 1.64. The van der Waals surface area contributed by atoms with E-state index >= 15 is 0 Å². The van der Waals surface area contributed by atoms with Crippen LogP contribution in [0.1, 0.15) is 18.7 Å². The molecule has 6 heteroatoms. The summed E-state index contributed by atoms with van der Waals surface area (Å²) in [6, 6.07) is 7.28. The number of ether oxygens (including phenoxy) is 1. The van der Waals surface area contributed by atoms with Crippen LogP contribution in [0, 0.1) is 0 Å². The van der Waals surface area contributed by atoms with Gasteiger partial charge < -0.3 is 15.0 Å². The molecule has 1 heterocycles. The van der Waals surface area contributed by atoms with Gasteiger partial charge in [0.15, 0.2) is 0 Å². The summed E-state index contributed by atoms with van der Waals surface area (Å²) in [5.41, 5.74) is 1.58. The first kappa shape index (κ1) is 14.0. The van der Waals surface area contributed by atoms with Gasteiger partial charge in [-0.05, 0) is 25.0 Å². The van der Waals surface area contributed by atoms with Crippen molar-refractivity contribution in [3.05, 3.63) is 36.3 Å². The fraction of sp³-hybridized carbons (Fsp3) is 0.400. The summed E-state index contributed by atoms with van der Waals surface area (Å²) in [6.07, 6.45) is 5.07. The third-order valence-electron chi connectivity index (χ3n) is 3.37. The number of hydrogen-bond acceptors (Lipinski definition) is 3. The van der Waals surface area contributed by atoms with Gasteiger partial charge in [0.05, 0.1) is 11.9 Å². The number of nitrogens with zero attached hydrogens (tertiary/aromatic N) is 1. The smallest absolute Gasteiger partial charge is 0.387 e. The lowest BCUT2D eigenvalue weighted by atomic mass is 10.1. The number of nitrogens with one attached hydrogen (secondary N) is 2. The molecule has 3 rings (SSSR count). The van der Waals surface area contributed by atoms with E-state index in [1.165, 1.54) is 18.9 Å². The molecule has 1 aliphatic carbocycles. The molecule has 0 saturated heterocycles. The van der Waals surface area contributed by atoms with Crippen LogP contribution in [0.2, 0.25) is 0 Å². The second-order valence-corrected chi connectivity index (χ2v) is 5.13. The van der Waals surface area contributed by atoms with Crippen LogP contribution in [-0.2, 0) is 6.42 Å². The van der Waals surface area contributed by atoms with Gasteiger partial charge in [-0.25, -0.2) is 4.98 Å². The van der Waals surface area contributed by atoms with Crippen molar-refractivity contribution < 1.29 is 13.5 Å². The molecule has 0 radical (unpaired) electrons. The summed E-state index contributed by atoms with van der Waals surface area (Å²) in [5.74, 6) is 1.03. The standard InChI is InChI=1S/C15H17F2N3O/c16-15(17)21-12-3-1-2-10(8-12)13-9-19-14(20-13)6-7-18-11-4-5-11/h1-3,8-9,11,15,18H,4-7H2,(H,19,20). The van der Waals surface area contributed by atoms with Gasteiger partial charge in [-0.15, -0.1) is 0 Å². The molecule has 1 aliphatic rings. The van der Waals surface area contributed by atoms with Crippen molar-refractivity contribution >= 4 is 0 Å². The summed E-state index contributed by atoms with van der Waals surface area (Å²) in [7, 11) is 0. The maximum atomic E-state index is 12.2. The lowest BCUT2D eigenvalue weighted by molar-refractivity contribution is -0.0498. The highest BCUT2D eigenvalue weighted by Gasteiger charge is 2.19. The number of rotatable bonds is 7. The SMILES string of the molecule is FC(F)Oc1cccc(-c2cnc(CCNC3CC3)[nH]2)c1. The summed E-state index contributed by atoms with van der Waals surface area (Å²) in [4.78, 5) is 7.53. The van der Waals surface area contributed by atoms with Gasteiger partial charge >= 0.3 is 6.61 Å². The van der Waals surface area contributed by atoms with Crippen LogP contribution < -0.4 is 10.1 Å². The Morgan fingerprint density at radius 1 is 1.38 bits per heavy atom. The van der Waals surface area contributed by atoms with E-state index < -0.39 is 6.61 Å². The number of aromatic nitrogens is 2. The molecule has 0 aliphatic heterocycles. The normalized spacial score (nSPS) is 14.6. The van der Waals surface area contributed by atoms with Gasteiger partial charge in [-0.3, -0.25) is 0 Å². The summed E-state index contributed by atoms with van der Waals surface area (Å²) < 4.78 is 28.8. The lowest BCUT2D eigenvalue weighted by Crippen LogP contribution is -2.19. The second kappa shape index (κ2) is 6.22. The predicted molar refractivity (Wildman–Crippen MR) is 75.4 cm³/mol. The highest BCUT2D eigenvalue weighted by Crippen LogP contribution is 2.23. The summed E-state index contributed by atoms with van der Waals surface area (Å²) in [6.45, 7) is -1.92. The minimum Gasteiger partial charge on any atom is -0.435 e. The Bertz CT molecular complexity index is 596. The van der Waals surface area contributed by atoms with E-state index in [0.29, 0.717) is 6.04 Å². The highest BCUT2D eigenvalue weighted by atomic mass is 19.3. The van der Waals surface area contributed by atoms with Crippen LogP contribution in [0.5, 0.6) is 5.75 Å². The maximum absolute atomic E-state index is 12.2. The molecule has 21 heavy (non-hydrogen) atoms. The molecule has 0 amide bonds. The van der Waals surface area contributed by atoms with Crippen molar-refractivity contribution in [3.63, 3.8) is 0 Å². The minimum atomic E-state index is -2.81. The topological polar surface area (TPSA) is 49.9 Å². The number of halogens is 2. The third kappa shape index (κ3) is 4.01. The van der Waals surface area contributed by atoms with E-state index in [2.05, 4.69) is 20.0 Å². The molecule has 1 saturated carbocycles. The van der Waals surface area contributed by atoms with Crippen LogP contribution >= 0.6 is 0 Å². The zero-order chi connectivity index (χ0) is 14.7. The first-order valence-corrected chi connectivity index (χ1v) is 7.03. The van der Waals surface area contributed by atoms with E-state index in [0.717, 1.165) is 30.0 Å². The summed E-state index contributed by atoms with van der Waals surface area (Å²) >= 11 is 0. The quantitative estimate of drug-likeness (QED) is 0.825. The number of hydrogen-bond donors (Lipinski definition) is 2. The molecule has 4 nitrogen and oxygen atoms in total. The third-order valence-corrected chi connectivity index (χ3v) is 3.37. The Hall–Kier alpha value is -1.95. The van der Waals surface area contributed by atoms with Crippen LogP contribution in [-0.4, -0.2) is 29.2 Å². The Morgan fingerprint density at radius 3 is 3.00 bits per heavy atom. The molecule has 2 N–H and O–H groups in total. The van der Waals surface area contributed by atoms with E-state index in [9.17, 15) is 8.78 Å². The first-order valence-electron chi connectivity index (χ1n) is 7.03. The number of aromatic amines is 1. The van der Waals surface area contributed by atoms with Gasteiger partial charge in [0.2, 0.25) is 0 Å². The minimum absolute atomic E-state index is 0.147. The molecule has 0 unspecified atom stereocenters. The number of alkyl halides is 2. The molecule has 0 spiro atoms. The average molecular weight is 293 g/mol. The van der Waals surface area contributed by atoms with Crippen LogP contribution in [0.3, 0.4) is 0 Å². The average Bonchev–Trinajstić information content (AvgIpc) is 3.14. The van der Waals surface area contributed by atoms with E-state index in [4.69, 9.17) is 0 Å². The zero-order valence-electron chi connectivity index (χ0n) is 11.5. The fourth-order valence-electron chi connectivity index (χ4n) is 2.16. The monoisotopic (exact) mass is 293 g/mol. The van der Waals surface area contributed by atoms with Crippen molar-refractivity contribution in [1.82, 2.24) is 15.3 Å². The molecule has 0 bridgehead atoms. The molecule has 1 fully saturated rings.